The van der Waals surface area contributed by atoms with Gasteiger partial charge in [0, 0.05) is 43.1 Å². The third-order valence-electron chi connectivity index (χ3n) is 3.50. The molecule has 0 spiro atoms. The molecular formula is C12H22N4O2S2. The summed E-state index contributed by atoms with van der Waals surface area (Å²) in [5.74, 6) is 2.42. The Hall–Kier alpha value is -0.730. The lowest BCUT2D eigenvalue weighted by Crippen LogP contribution is -2.48. The summed E-state index contributed by atoms with van der Waals surface area (Å²) in [5, 5.41) is 3.81. The van der Waals surface area contributed by atoms with Crippen molar-refractivity contribution in [3.05, 3.63) is 12.3 Å². The molecule has 0 radical (unpaired) electrons. The lowest BCUT2D eigenvalue weighted by molar-refractivity contribution is 0.260. The number of aryl methyl sites for hydroxylation is 1. The Balaban J connectivity index is 1.89. The normalized spacial score (nSPS) is 21.1. The van der Waals surface area contributed by atoms with E-state index in [-0.39, 0.29) is 11.1 Å². The van der Waals surface area contributed by atoms with Gasteiger partial charge in [-0.1, -0.05) is 6.92 Å². The van der Waals surface area contributed by atoms with Crippen molar-refractivity contribution in [1.82, 2.24) is 14.7 Å². The first-order valence-corrected chi connectivity index (χ1v) is 9.72. The lowest BCUT2D eigenvalue weighted by atomic mass is 10.3. The fourth-order valence-corrected chi connectivity index (χ4v) is 5.44. The molecule has 2 rings (SSSR count). The quantitative estimate of drug-likeness (QED) is 0.830. The molecule has 0 aromatic carbocycles. The monoisotopic (exact) mass is 318 g/mol. The van der Waals surface area contributed by atoms with Crippen molar-refractivity contribution >= 4 is 27.4 Å². The first-order valence-electron chi connectivity index (χ1n) is 6.85. The first kappa shape index (κ1) is 15.7. The molecule has 2 heterocycles. The second kappa shape index (κ2) is 6.82. The highest BCUT2D eigenvalue weighted by Gasteiger charge is 2.32. The molecule has 20 heavy (non-hydrogen) atoms. The Morgan fingerprint density at radius 3 is 2.95 bits per heavy atom. The van der Waals surface area contributed by atoms with Gasteiger partial charge in [0.05, 0.1) is 0 Å². The summed E-state index contributed by atoms with van der Waals surface area (Å²) in [7, 11) is -3.00. The molecule has 0 amide bonds. The smallest absolute Gasteiger partial charge is 0.166 e. The van der Waals surface area contributed by atoms with Crippen molar-refractivity contribution in [2.45, 2.75) is 25.3 Å². The van der Waals surface area contributed by atoms with Crippen molar-refractivity contribution in [1.29, 1.82) is 0 Å². The number of nitrogens with two attached hydrogens (primary N) is 1. The van der Waals surface area contributed by atoms with Gasteiger partial charge in [0.25, 0.3) is 0 Å². The molecule has 6 nitrogen and oxygen atoms in total. The SMILES string of the molecule is CCS(=O)(=O)C1CSCCN1CCCn1ccc(N)n1. The van der Waals surface area contributed by atoms with Gasteiger partial charge in [0.2, 0.25) is 0 Å². The van der Waals surface area contributed by atoms with E-state index in [9.17, 15) is 8.42 Å². The summed E-state index contributed by atoms with van der Waals surface area (Å²) in [6.07, 6.45) is 2.73. The summed E-state index contributed by atoms with van der Waals surface area (Å²) in [5.41, 5.74) is 5.57. The molecular weight excluding hydrogens is 296 g/mol. The maximum Gasteiger partial charge on any atom is 0.166 e. The van der Waals surface area contributed by atoms with Crippen LogP contribution < -0.4 is 5.73 Å². The fourth-order valence-electron chi connectivity index (χ4n) is 2.33. The zero-order chi connectivity index (χ0) is 14.6. The Labute approximate surface area is 124 Å². The predicted molar refractivity (Wildman–Crippen MR) is 83.4 cm³/mol. The van der Waals surface area contributed by atoms with Gasteiger partial charge in [-0.3, -0.25) is 9.58 Å². The molecule has 1 unspecified atom stereocenters. The van der Waals surface area contributed by atoms with E-state index >= 15 is 0 Å². The predicted octanol–water partition coefficient (Wildman–Crippen LogP) is 0.665. The maximum atomic E-state index is 12.1. The highest BCUT2D eigenvalue weighted by Crippen LogP contribution is 2.21. The number of hydrogen-bond donors (Lipinski definition) is 1. The van der Waals surface area contributed by atoms with Crippen LogP contribution in [0.15, 0.2) is 12.3 Å². The van der Waals surface area contributed by atoms with Crippen LogP contribution in [0.4, 0.5) is 5.82 Å². The minimum Gasteiger partial charge on any atom is -0.382 e. The van der Waals surface area contributed by atoms with Crippen molar-refractivity contribution in [3.63, 3.8) is 0 Å². The summed E-state index contributed by atoms with van der Waals surface area (Å²) in [4.78, 5) is 2.10. The van der Waals surface area contributed by atoms with Crippen LogP contribution in [0.2, 0.25) is 0 Å². The molecule has 1 aromatic rings. The molecule has 1 aliphatic rings. The highest BCUT2D eigenvalue weighted by molar-refractivity contribution is 8.01. The zero-order valence-electron chi connectivity index (χ0n) is 11.7. The number of nitrogen functional groups attached to an aromatic ring is 1. The van der Waals surface area contributed by atoms with Crippen LogP contribution in [0.25, 0.3) is 0 Å². The Bertz CT molecular complexity index is 529. The van der Waals surface area contributed by atoms with Crippen LogP contribution >= 0.6 is 11.8 Å². The molecule has 114 valence electrons. The Morgan fingerprint density at radius 2 is 2.30 bits per heavy atom. The van der Waals surface area contributed by atoms with Crippen molar-refractivity contribution in [2.24, 2.45) is 0 Å². The minimum atomic E-state index is -3.00. The lowest BCUT2D eigenvalue weighted by Gasteiger charge is -2.34. The second-order valence-electron chi connectivity index (χ2n) is 4.87. The zero-order valence-corrected chi connectivity index (χ0v) is 13.4. The van der Waals surface area contributed by atoms with E-state index in [0.717, 1.165) is 31.8 Å². The van der Waals surface area contributed by atoms with Gasteiger partial charge in [0.15, 0.2) is 9.84 Å². The van der Waals surface area contributed by atoms with E-state index in [1.54, 1.807) is 29.4 Å². The summed E-state index contributed by atoms with van der Waals surface area (Å²) in [6, 6.07) is 1.77. The van der Waals surface area contributed by atoms with E-state index in [2.05, 4.69) is 10.00 Å². The van der Waals surface area contributed by atoms with Crippen LogP contribution in [0.1, 0.15) is 13.3 Å². The number of anilines is 1. The number of sulfone groups is 1. The molecule has 1 saturated heterocycles. The van der Waals surface area contributed by atoms with Crippen LogP contribution in [-0.2, 0) is 16.4 Å². The fraction of sp³-hybridized carbons (Fsp3) is 0.750. The van der Waals surface area contributed by atoms with Crippen molar-refractivity contribution in [3.8, 4) is 0 Å². The van der Waals surface area contributed by atoms with Gasteiger partial charge < -0.3 is 5.73 Å². The number of rotatable bonds is 6. The average molecular weight is 318 g/mol. The van der Waals surface area contributed by atoms with Gasteiger partial charge in [-0.05, 0) is 12.5 Å². The summed E-state index contributed by atoms with van der Waals surface area (Å²) in [6.45, 7) is 4.11. The Morgan fingerprint density at radius 1 is 1.50 bits per heavy atom. The molecule has 0 bridgehead atoms. The largest absolute Gasteiger partial charge is 0.382 e. The van der Waals surface area contributed by atoms with E-state index in [0.29, 0.717) is 11.6 Å². The average Bonchev–Trinajstić information content (AvgIpc) is 2.85. The number of aromatic nitrogens is 2. The molecule has 2 N–H and O–H groups in total. The second-order valence-corrected chi connectivity index (χ2v) is 8.47. The van der Waals surface area contributed by atoms with E-state index in [1.165, 1.54) is 0 Å². The molecule has 1 aromatic heterocycles. The van der Waals surface area contributed by atoms with Crippen LogP contribution in [0.3, 0.4) is 0 Å². The molecule has 0 saturated carbocycles. The van der Waals surface area contributed by atoms with Gasteiger partial charge in [-0.2, -0.15) is 16.9 Å². The Kier molecular flexibility index (Phi) is 5.34. The van der Waals surface area contributed by atoms with Crippen LogP contribution in [-0.4, -0.2) is 58.8 Å². The van der Waals surface area contributed by atoms with Crippen LogP contribution in [0, 0.1) is 0 Å². The van der Waals surface area contributed by atoms with Gasteiger partial charge >= 0.3 is 0 Å². The minimum absolute atomic E-state index is 0.213. The third kappa shape index (κ3) is 3.89. The van der Waals surface area contributed by atoms with E-state index < -0.39 is 9.84 Å². The van der Waals surface area contributed by atoms with Crippen molar-refractivity contribution in [2.75, 3.05) is 36.1 Å². The maximum absolute atomic E-state index is 12.1. The third-order valence-corrected chi connectivity index (χ3v) is 6.83. The topological polar surface area (TPSA) is 81.2 Å². The number of nitrogens with zero attached hydrogens (tertiary/aromatic N) is 3. The molecule has 1 aliphatic heterocycles. The molecule has 0 aliphatic carbocycles. The van der Waals surface area contributed by atoms with Crippen molar-refractivity contribution < 1.29 is 8.42 Å². The standard InChI is InChI=1S/C12H22N4O2S2/c1-2-20(17,18)12-10-19-9-8-15(12)5-3-6-16-7-4-11(13)14-16/h4,7,12H,2-3,5-6,8-10H2,1H3,(H2,13,14). The van der Waals surface area contributed by atoms with Gasteiger partial charge in [-0.25, -0.2) is 8.42 Å². The van der Waals surface area contributed by atoms with E-state index in [4.69, 9.17) is 5.73 Å². The highest BCUT2D eigenvalue weighted by atomic mass is 32.2. The molecule has 1 fully saturated rings. The van der Waals surface area contributed by atoms with Gasteiger partial charge in [-0.15, -0.1) is 0 Å². The summed E-state index contributed by atoms with van der Waals surface area (Å²) < 4.78 is 26.0. The van der Waals surface area contributed by atoms with E-state index in [1.807, 2.05) is 6.20 Å². The van der Waals surface area contributed by atoms with Crippen LogP contribution in [0.5, 0.6) is 0 Å². The number of hydrogen-bond acceptors (Lipinski definition) is 6. The molecule has 1 atom stereocenters. The molecule has 8 heteroatoms. The van der Waals surface area contributed by atoms with Gasteiger partial charge in [0.1, 0.15) is 11.2 Å². The summed E-state index contributed by atoms with van der Waals surface area (Å²) >= 11 is 1.73. The first-order chi connectivity index (χ1) is 9.53. The number of thioether (sulfide) groups is 1.